The molecule has 0 spiro atoms. The number of hydrogen-bond donors (Lipinski definition) is 2. The zero-order valence-electron chi connectivity index (χ0n) is 11.9. The van der Waals surface area contributed by atoms with Gasteiger partial charge in [-0.25, -0.2) is 0 Å². The SMILES string of the molecule is CNCCC(Nc1cc(Cl)ccc1C#N)c1ccccc1. The second-order valence-electron chi connectivity index (χ2n) is 4.80. The minimum Gasteiger partial charge on any atom is -0.377 e. The maximum atomic E-state index is 9.22. The van der Waals surface area contributed by atoms with Crippen LogP contribution in [0.3, 0.4) is 0 Å². The minimum absolute atomic E-state index is 0.129. The van der Waals surface area contributed by atoms with Gasteiger partial charge in [0.15, 0.2) is 0 Å². The van der Waals surface area contributed by atoms with Crippen LogP contribution < -0.4 is 10.6 Å². The highest BCUT2D eigenvalue weighted by Gasteiger charge is 2.13. The van der Waals surface area contributed by atoms with Gasteiger partial charge in [-0.15, -0.1) is 0 Å². The molecule has 0 aliphatic carbocycles. The molecule has 2 aromatic carbocycles. The largest absolute Gasteiger partial charge is 0.377 e. The summed E-state index contributed by atoms with van der Waals surface area (Å²) in [5, 5.41) is 16.5. The molecule has 21 heavy (non-hydrogen) atoms. The molecule has 4 heteroatoms. The Balaban J connectivity index is 2.27. The van der Waals surface area contributed by atoms with Crippen LogP contribution in [0.5, 0.6) is 0 Å². The van der Waals surface area contributed by atoms with E-state index in [1.165, 1.54) is 5.56 Å². The molecule has 1 unspecified atom stereocenters. The highest BCUT2D eigenvalue weighted by molar-refractivity contribution is 6.30. The fraction of sp³-hybridized carbons (Fsp3) is 0.235. The Bertz CT molecular complexity index is 620. The van der Waals surface area contributed by atoms with Gasteiger partial charge in [0.1, 0.15) is 6.07 Å². The standard InChI is InChI=1S/C17H18ClN3/c1-20-10-9-16(13-5-3-2-4-6-13)21-17-11-15(18)8-7-14(17)12-19/h2-8,11,16,20-21H,9-10H2,1H3. The fourth-order valence-electron chi connectivity index (χ4n) is 2.22. The highest BCUT2D eigenvalue weighted by Crippen LogP contribution is 2.27. The summed E-state index contributed by atoms with van der Waals surface area (Å²) in [7, 11) is 1.93. The summed E-state index contributed by atoms with van der Waals surface area (Å²) in [6.07, 6.45) is 0.915. The Morgan fingerprint density at radius 2 is 1.95 bits per heavy atom. The number of nitrogens with one attached hydrogen (secondary N) is 2. The van der Waals surface area contributed by atoms with Crippen molar-refractivity contribution in [3.8, 4) is 6.07 Å². The Hall–Kier alpha value is -2.02. The lowest BCUT2D eigenvalue weighted by Crippen LogP contribution is -2.18. The quantitative estimate of drug-likeness (QED) is 0.848. The van der Waals surface area contributed by atoms with Crippen LogP contribution in [-0.2, 0) is 0 Å². The molecule has 0 saturated heterocycles. The lowest BCUT2D eigenvalue weighted by Gasteiger charge is -2.21. The summed E-state index contributed by atoms with van der Waals surface area (Å²) >= 11 is 6.05. The van der Waals surface area contributed by atoms with Gasteiger partial charge in [-0.1, -0.05) is 41.9 Å². The Morgan fingerprint density at radius 3 is 2.62 bits per heavy atom. The number of rotatable bonds is 6. The summed E-state index contributed by atoms with van der Waals surface area (Å²) in [5.74, 6) is 0. The fourth-order valence-corrected chi connectivity index (χ4v) is 2.39. The number of benzene rings is 2. The molecule has 0 saturated carbocycles. The van der Waals surface area contributed by atoms with E-state index in [2.05, 4.69) is 28.8 Å². The topological polar surface area (TPSA) is 47.8 Å². The van der Waals surface area contributed by atoms with Crippen molar-refractivity contribution in [3.05, 3.63) is 64.7 Å². The molecule has 2 rings (SSSR count). The van der Waals surface area contributed by atoms with Crippen LogP contribution in [0, 0.1) is 11.3 Å². The van der Waals surface area contributed by atoms with E-state index in [1.54, 1.807) is 18.2 Å². The predicted molar refractivity (Wildman–Crippen MR) is 87.5 cm³/mol. The van der Waals surface area contributed by atoms with Crippen molar-refractivity contribution in [2.24, 2.45) is 0 Å². The van der Waals surface area contributed by atoms with Crippen molar-refractivity contribution in [1.82, 2.24) is 5.32 Å². The highest BCUT2D eigenvalue weighted by atomic mass is 35.5. The molecule has 1 atom stereocenters. The average molecular weight is 300 g/mol. The third kappa shape index (κ3) is 4.22. The molecular formula is C17H18ClN3. The molecule has 0 aliphatic heterocycles. The molecule has 0 radical (unpaired) electrons. The summed E-state index contributed by atoms with van der Waals surface area (Å²) in [6.45, 7) is 0.884. The van der Waals surface area contributed by atoms with E-state index in [0.717, 1.165) is 18.7 Å². The van der Waals surface area contributed by atoms with Gasteiger partial charge in [-0.05, 0) is 43.8 Å². The molecule has 108 valence electrons. The van der Waals surface area contributed by atoms with Crippen LogP contribution >= 0.6 is 11.6 Å². The van der Waals surface area contributed by atoms with E-state index in [4.69, 9.17) is 11.6 Å². The summed E-state index contributed by atoms with van der Waals surface area (Å²) in [6, 6.07) is 17.8. The first-order chi connectivity index (χ1) is 10.2. The number of halogens is 1. The second kappa shape index (κ2) is 7.68. The smallest absolute Gasteiger partial charge is 0.101 e. The van der Waals surface area contributed by atoms with E-state index >= 15 is 0 Å². The van der Waals surface area contributed by atoms with Gasteiger partial charge in [0.05, 0.1) is 17.3 Å². The van der Waals surface area contributed by atoms with Gasteiger partial charge in [0.2, 0.25) is 0 Å². The number of nitriles is 1. The predicted octanol–water partition coefficient (Wildman–Crippen LogP) is 3.97. The van der Waals surface area contributed by atoms with Gasteiger partial charge in [0, 0.05) is 5.02 Å². The van der Waals surface area contributed by atoms with Gasteiger partial charge in [-0.2, -0.15) is 5.26 Å². The first-order valence-corrected chi connectivity index (χ1v) is 7.28. The molecule has 0 fully saturated rings. The molecule has 0 aliphatic rings. The maximum absolute atomic E-state index is 9.22. The Labute approximate surface area is 130 Å². The number of hydrogen-bond acceptors (Lipinski definition) is 3. The van der Waals surface area contributed by atoms with E-state index in [0.29, 0.717) is 10.6 Å². The van der Waals surface area contributed by atoms with Crippen molar-refractivity contribution in [2.75, 3.05) is 18.9 Å². The molecule has 0 heterocycles. The van der Waals surface area contributed by atoms with Gasteiger partial charge in [0.25, 0.3) is 0 Å². The van der Waals surface area contributed by atoms with Crippen LogP contribution in [0.4, 0.5) is 5.69 Å². The summed E-state index contributed by atoms with van der Waals surface area (Å²) in [5.41, 5.74) is 2.57. The number of anilines is 1. The number of nitrogens with zero attached hydrogens (tertiary/aromatic N) is 1. The average Bonchev–Trinajstić information content (AvgIpc) is 2.52. The normalized spacial score (nSPS) is 11.7. The van der Waals surface area contributed by atoms with Gasteiger partial charge >= 0.3 is 0 Å². The molecule has 2 aromatic rings. The third-order valence-electron chi connectivity index (χ3n) is 3.32. The summed E-state index contributed by atoms with van der Waals surface area (Å²) < 4.78 is 0. The molecular weight excluding hydrogens is 282 g/mol. The summed E-state index contributed by atoms with van der Waals surface area (Å²) in [4.78, 5) is 0. The van der Waals surface area contributed by atoms with Gasteiger partial charge in [-0.3, -0.25) is 0 Å². The van der Waals surface area contributed by atoms with E-state index < -0.39 is 0 Å². The second-order valence-corrected chi connectivity index (χ2v) is 5.24. The van der Waals surface area contributed by atoms with Crippen molar-refractivity contribution in [2.45, 2.75) is 12.5 Å². The molecule has 0 bridgehead atoms. The van der Waals surface area contributed by atoms with Crippen molar-refractivity contribution in [1.29, 1.82) is 5.26 Å². The molecule has 0 aromatic heterocycles. The lowest BCUT2D eigenvalue weighted by molar-refractivity contribution is 0.646. The minimum atomic E-state index is 0.129. The van der Waals surface area contributed by atoms with E-state index in [1.807, 2.05) is 25.2 Å². The van der Waals surface area contributed by atoms with E-state index in [-0.39, 0.29) is 6.04 Å². The van der Waals surface area contributed by atoms with Crippen LogP contribution in [0.1, 0.15) is 23.6 Å². The van der Waals surface area contributed by atoms with Crippen LogP contribution in [0.2, 0.25) is 5.02 Å². The Morgan fingerprint density at radius 1 is 1.19 bits per heavy atom. The third-order valence-corrected chi connectivity index (χ3v) is 3.55. The zero-order valence-corrected chi connectivity index (χ0v) is 12.7. The van der Waals surface area contributed by atoms with E-state index in [9.17, 15) is 5.26 Å². The van der Waals surface area contributed by atoms with Crippen LogP contribution in [-0.4, -0.2) is 13.6 Å². The van der Waals surface area contributed by atoms with Crippen LogP contribution in [0.15, 0.2) is 48.5 Å². The van der Waals surface area contributed by atoms with Crippen molar-refractivity contribution < 1.29 is 0 Å². The maximum Gasteiger partial charge on any atom is 0.101 e. The lowest BCUT2D eigenvalue weighted by atomic mass is 10.0. The molecule has 2 N–H and O–H groups in total. The van der Waals surface area contributed by atoms with Crippen molar-refractivity contribution >= 4 is 17.3 Å². The molecule has 3 nitrogen and oxygen atoms in total. The molecule has 0 amide bonds. The zero-order chi connectivity index (χ0) is 15.1. The Kier molecular flexibility index (Phi) is 5.62. The van der Waals surface area contributed by atoms with Gasteiger partial charge < -0.3 is 10.6 Å². The first-order valence-electron chi connectivity index (χ1n) is 6.90. The van der Waals surface area contributed by atoms with Crippen molar-refractivity contribution in [3.63, 3.8) is 0 Å². The monoisotopic (exact) mass is 299 g/mol. The van der Waals surface area contributed by atoms with Crippen LogP contribution in [0.25, 0.3) is 0 Å². The first kappa shape index (κ1) is 15.4.